The van der Waals surface area contributed by atoms with Gasteiger partial charge in [-0.2, -0.15) is 11.8 Å². The second kappa shape index (κ2) is 5.62. The average Bonchev–Trinajstić information content (AvgIpc) is 2.97. The molecule has 0 saturated carbocycles. The Bertz CT molecular complexity index is 643. The molecule has 1 saturated heterocycles. The molecule has 0 bridgehead atoms. The van der Waals surface area contributed by atoms with Gasteiger partial charge in [-0.3, -0.25) is 10.1 Å². The predicted octanol–water partition coefficient (Wildman–Crippen LogP) is 2.85. The minimum absolute atomic E-state index is 0.0607. The minimum atomic E-state index is -0.400. The van der Waals surface area contributed by atoms with Crippen molar-refractivity contribution < 1.29 is 4.92 Å². The molecule has 1 N–H and O–H groups in total. The Labute approximate surface area is 120 Å². The molecule has 2 heterocycles. The largest absolute Gasteiger partial charge is 0.368 e. The molecule has 1 unspecified atom stereocenters. The van der Waals surface area contributed by atoms with Crippen LogP contribution >= 0.6 is 11.8 Å². The summed E-state index contributed by atoms with van der Waals surface area (Å²) >= 11 is 1.96. The van der Waals surface area contributed by atoms with Crippen LogP contribution in [0.4, 0.5) is 11.5 Å². The van der Waals surface area contributed by atoms with Crippen molar-refractivity contribution in [3.63, 3.8) is 0 Å². The molecule has 1 atom stereocenters. The van der Waals surface area contributed by atoms with Gasteiger partial charge in [0.05, 0.1) is 10.4 Å². The number of anilines is 1. The summed E-state index contributed by atoms with van der Waals surface area (Å²) in [5.41, 5.74) is 0.776. The molecule has 6 nitrogen and oxygen atoms in total. The lowest BCUT2D eigenvalue weighted by Gasteiger charge is -2.12. The standard InChI is InChI=1S/C13H14N4O2S/c18-17(19)9-3-4-12-11(6-9)13(16-8-15-12)14-7-10-2-1-5-20-10/h3-4,6,8,10H,1-2,5,7H2,(H,14,15,16). The first kappa shape index (κ1) is 13.1. The fourth-order valence-corrected chi connectivity index (χ4v) is 3.52. The predicted molar refractivity (Wildman–Crippen MR) is 80.2 cm³/mol. The molecule has 1 aliphatic rings. The molecule has 0 spiro atoms. The smallest absolute Gasteiger partial charge is 0.270 e. The number of nitro groups is 1. The van der Waals surface area contributed by atoms with Crippen molar-refractivity contribution in [2.24, 2.45) is 0 Å². The van der Waals surface area contributed by atoms with Crippen LogP contribution in [-0.4, -0.2) is 32.4 Å². The number of hydrogen-bond donors (Lipinski definition) is 1. The van der Waals surface area contributed by atoms with Crippen molar-refractivity contribution in [2.75, 3.05) is 17.6 Å². The van der Waals surface area contributed by atoms with Gasteiger partial charge >= 0.3 is 0 Å². The highest BCUT2D eigenvalue weighted by Gasteiger charge is 2.16. The Kier molecular flexibility index (Phi) is 3.68. The number of nitrogens with one attached hydrogen (secondary N) is 1. The molecule has 1 fully saturated rings. The normalized spacial score (nSPS) is 18.3. The van der Waals surface area contributed by atoms with E-state index in [0.29, 0.717) is 22.0 Å². The van der Waals surface area contributed by atoms with Gasteiger partial charge in [0.2, 0.25) is 0 Å². The van der Waals surface area contributed by atoms with Crippen LogP contribution in [0.1, 0.15) is 12.8 Å². The highest BCUT2D eigenvalue weighted by molar-refractivity contribution is 8.00. The maximum absolute atomic E-state index is 10.9. The summed E-state index contributed by atoms with van der Waals surface area (Å²) < 4.78 is 0. The van der Waals surface area contributed by atoms with Gasteiger partial charge in [0, 0.05) is 29.3 Å². The molecular formula is C13H14N4O2S. The molecule has 7 heteroatoms. The summed E-state index contributed by atoms with van der Waals surface area (Å²) in [6.07, 6.45) is 3.95. The van der Waals surface area contributed by atoms with Gasteiger partial charge < -0.3 is 5.32 Å². The second-order valence-electron chi connectivity index (χ2n) is 4.70. The summed E-state index contributed by atoms with van der Waals surface area (Å²) in [5, 5.41) is 15.5. The Hall–Kier alpha value is -1.89. The van der Waals surface area contributed by atoms with E-state index in [1.807, 2.05) is 11.8 Å². The lowest BCUT2D eigenvalue weighted by atomic mass is 10.2. The number of benzene rings is 1. The van der Waals surface area contributed by atoms with Crippen molar-refractivity contribution in [2.45, 2.75) is 18.1 Å². The molecule has 0 radical (unpaired) electrons. The number of thioether (sulfide) groups is 1. The zero-order valence-corrected chi connectivity index (χ0v) is 11.6. The molecule has 104 valence electrons. The van der Waals surface area contributed by atoms with Crippen molar-refractivity contribution in [3.8, 4) is 0 Å². The summed E-state index contributed by atoms with van der Waals surface area (Å²) in [7, 11) is 0. The van der Waals surface area contributed by atoms with Crippen molar-refractivity contribution >= 4 is 34.2 Å². The van der Waals surface area contributed by atoms with Crippen LogP contribution in [0, 0.1) is 10.1 Å². The van der Waals surface area contributed by atoms with E-state index >= 15 is 0 Å². The number of nitro benzene ring substituents is 1. The van der Waals surface area contributed by atoms with Gasteiger partial charge in [0.25, 0.3) is 5.69 Å². The monoisotopic (exact) mass is 290 g/mol. The first-order valence-corrected chi connectivity index (χ1v) is 7.53. The molecule has 2 aromatic rings. The van der Waals surface area contributed by atoms with E-state index in [-0.39, 0.29) is 5.69 Å². The van der Waals surface area contributed by atoms with E-state index in [0.717, 1.165) is 6.54 Å². The van der Waals surface area contributed by atoms with Gasteiger partial charge in [0.1, 0.15) is 12.1 Å². The van der Waals surface area contributed by atoms with Gasteiger partial charge in [-0.15, -0.1) is 0 Å². The third-order valence-corrected chi connectivity index (χ3v) is 4.75. The first-order valence-electron chi connectivity index (χ1n) is 6.48. The third-order valence-electron chi connectivity index (χ3n) is 3.35. The lowest BCUT2D eigenvalue weighted by molar-refractivity contribution is -0.384. The molecule has 1 aromatic heterocycles. The molecule has 0 aliphatic carbocycles. The topological polar surface area (TPSA) is 81.0 Å². The Morgan fingerprint density at radius 2 is 2.35 bits per heavy atom. The van der Waals surface area contributed by atoms with E-state index in [2.05, 4.69) is 15.3 Å². The second-order valence-corrected chi connectivity index (χ2v) is 6.11. The fraction of sp³-hybridized carbons (Fsp3) is 0.385. The van der Waals surface area contributed by atoms with Gasteiger partial charge in [-0.25, -0.2) is 9.97 Å². The van der Waals surface area contributed by atoms with Crippen LogP contribution in [0.5, 0.6) is 0 Å². The Morgan fingerprint density at radius 3 is 3.10 bits per heavy atom. The number of nitrogens with zero attached hydrogens (tertiary/aromatic N) is 3. The molecule has 20 heavy (non-hydrogen) atoms. The third kappa shape index (κ3) is 2.67. The van der Waals surface area contributed by atoms with Crippen LogP contribution in [0.15, 0.2) is 24.5 Å². The molecule has 3 rings (SSSR count). The molecular weight excluding hydrogens is 276 g/mol. The zero-order valence-electron chi connectivity index (χ0n) is 10.8. The number of hydrogen-bond acceptors (Lipinski definition) is 6. The van der Waals surface area contributed by atoms with E-state index < -0.39 is 4.92 Å². The van der Waals surface area contributed by atoms with E-state index in [9.17, 15) is 10.1 Å². The van der Waals surface area contributed by atoms with E-state index in [1.165, 1.54) is 37.1 Å². The molecule has 0 amide bonds. The van der Waals surface area contributed by atoms with Gasteiger partial charge in [-0.1, -0.05) is 0 Å². The van der Waals surface area contributed by atoms with Crippen molar-refractivity contribution in [1.82, 2.24) is 9.97 Å². The summed E-state index contributed by atoms with van der Waals surface area (Å²) in [5.74, 6) is 1.88. The lowest BCUT2D eigenvalue weighted by Crippen LogP contribution is -2.14. The molecule has 1 aromatic carbocycles. The maximum atomic E-state index is 10.9. The van der Waals surface area contributed by atoms with Crippen LogP contribution < -0.4 is 5.32 Å². The highest BCUT2D eigenvalue weighted by Crippen LogP contribution is 2.28. The van der Waals surface area contributed by atoms with Crippen LogP contribution in [0.2, 0.25) is 0 Å². The molecule has 1 aliphatic heterocycles. The van der Waals surface area contributed by atoms with Crippen LogP contribution in [-0.2, 0) is 0 Å². The summed E-state index contributed by atoms with van der Waals surface area (Å²) in [6.45, 7) is 0.833. The first-order chi connectivity index (χ1) is 9.74. The SMILES string of the molecule is O=[N+]([O-])c1ccc2ncnc(NCC3CCCS3)c2c1. The zero-order chi connectivity index (χ0) is 13.9. The van der Waals surface area contributed by atoms with Gasteiger partial charge in [0.15, 0.2) is 0 Å². The number of rotatable bonds is 4. The highest BCUT2D eigenvalue weighted by atomic mass is 32.2. The van der Waals surface area contributed by atoms with E-state index in [4.69, 9.17) is 0 Å². The average molecular weight is 290 g/mol. The van der Waals surface area contributed by atoms with Crippen molar-refractivity contribution in [1.29, 1.82) is 0 Å². The summed E-state index contributed by atoms with van der Waals surface area (Å²) in [4.78, 5) is 18.8. The number of non-ortho nitro benzene ring substituents is 1. The fourth-order valence-electron chi connectivity index (χ4n) is 2.31. The quantitative estimate of drug-likeness (QED) is 0.689. The minimum Gasteiger partial charge on any atom is -0.368 e. The van der Waals surface area contributed by atoms with Crippen LogP contribution in [0.3, 0.4) is 0 Å². The number of fused-ring (bicyclic) bond motifs is 1. The number of aromatic nitrogens is 2. The van der Waals surface area contributed by atoms with E-state index in [1.54, 1.807) is 6.07 Å². The Balaban J connectivity index is 1.88. The summed E-state index contributed by atoms with van der Waals surface area (Å²) in [6, 6.07) is 4.65. The van der Waals surface area contributed by atoms with Crippen molar-refractivity contribution in [3.05, 3.63) is 34.6 Å². The Morgan fingerprint density at radius 1 is 1.45 bits per heavy atom. The van der Waals surface area contributed by atoms with Gasteiger partial charge in [-0.05, 0) is 24.7 Å². The van der Waals surface area contributed by atoms with Crippen LogP contribution in [0.25, 0.3) is 10.9 Å². The maximum Gasteiger partial charge on any atom is 0.270 e.